The Hall–Kier alpha value is -2.78. The zero-order valence-corrected chi connectivity index (χ0v) is 19.8. The fourth-order valence-electron chi connectivity index (χ4n) is 5.38. The minimum Gasteiger partial charge on any atom is -0.391 e. The molecule has 1 aliphatic heterocycles. The number of alkyl halides is 3. The first-order chi connectivity index (χ1) is 17.1. The maximum atomic E-state index is 13.2. The van der Waals surface area contributed by atoms with Crippen molar-refractivity contribution in [1.29, 1.82) is 0 Å². The number of amides is 1. The summed E-state index contributed by atoms with van der Waals surface area (Å²) in [6, 6.07) is 11.0. The van der Waals surface area contributed by atoms with Gasteiger partial charge in [-0.05, 0) is 67.5 Å². The first-order valence-corrected chi connectivity index (χ1v) is 12.2. The van der Waals surface area contributed by atoms with E-state index in [0.29, 0.717) is 25.0 Å². The molecule has 0 bridgehead atoms. The molecule has 36 heavy (non-hydrogen) atoms. The van der Waals surface area contributed by atoms with Crippen LogP contribution in [-0.2, 0) is 11.0 Å². The van der Waals surface area contributed by atoms with Crippen LogP contribution in [0.25, 0.3) is 0 Å². The van der Waals surface area contributed by atoms with Crippen molar-refractivity contribution >= 4 is 11.7 Å². The molecule has 2 fully saturated rings. The number of nitrogens with one attached hydrogen (secondary N) is 1. The fourth-order valence-corrected chi connectivity index (χ4v) is 5.38. The third kappa shape index (κ3) is 6.50. The molecule has 2 N–H and O–H groups in total. The summed E-state index contributed by atoms with van der Waals surface area (Å²) in [7, 11) is 0. The molecular weight excluding hydrogens is 476 g/mol. The van der Waals surface area contributed by atoms with Crippen LogP contribution in [-0.4, -0.2) is 53.5 Å². The normalized spacial score (nSPS) is 25.0. The van der Waals surface area contributed by atoms with Gasteiger partial charge in [-0.15, -0.1) is 0 Å². The van der Waals surface area contributed by atoms with E-state index in [-0.39, 0.29) is 36.0 Å². The summed E-state index contributed by atoms with van der Waals surface area (Å²) in [6.07, 6.45) is -1.24. The van der Waals surface area contributed by atoms with E-state index in [2.05, 4.69) is 10.2 Å². The summed E-state index contributed by atoms with van der Waals surface area (Å²) in [5, 5.41) is 12.9. The summed E-state index contributed by atoms with van der Waals surface area (Å²) < 4.78 is 51.8. The Morgan fingerprint density at radius 1 is 1.00 bits per heavy atom. The first kappa shape index (κ1) is 26.3. The highest BCUT2D eigenvalue weighted by molar-refractivity contribution is 5.96. The van der Waals surface area contributed by atoms with Crippen LogP contribution in [0.3, 0.4) is 0 Å². The standard InChI is InChI=1S/C27H30F4N2O3/c28-22-8-4-17(5-9-22)18-6-10-23(11-7-18)33-15-20(25(35)16-33)13-24(34)14-32-26(36)19-2-1-3-21(12-19)27(29,30)31/h1-5,8-9,12,18,20,23,25,35H,6-7,10-11,13-16H2,(H,32,36)/t18?,20-,23?,25-/m0/s1. The van der Waals surface area contributed by atoms with Crippen LogP contribution in [0, 0.1) is 11.7 Å². The topological polar surface area (TPSA) is 69.6 Å². The number of benzene rings is 2. The Kier molecular flexibility index (Phi) is 8.10. The number of β-amino-alcohol motifs (C(OH)–C–C–N with tert-alkyl or cyclic N) is 1. The van der Waals surface area contributed by atoms with E-state index in [1.54, 1.807) is 0 Å². The van der Waals surface area contributed by atoms with Crippen molar-refractivity contribution < 1.29 is 32.3 Å². The van der Waals surface area contributed by atoms with Gasteiger partial charge in [0.1, 0.15) is 5.82 Å². The molecule has 9 heteroatoms. The number of rotatable bonds is 7. The molecule has 0 spiro atoms. The zero-order chi connectivity index (χ0) is 25.9. The highest BCUT2D eigenvalue weighted by atomic mass is 19.4. The van der Waals surface area contributed by atoms with Gasteiger partial charge < -0.3 is 10.4 Å². The molecule has 194 valence electrons. The molecule has 1 amide bonds. The van der Waals surface area contributed by atoms with Crippen LogP contribution in [0.5, 0.6) is 0 Å². The number of hydrogen-bond donors (Lipinski definition) is 2. The number of likely N-dealkylation sites (tertiary alicyclic amines) is 1. The molecule has 1 heterocycles. The fraction of sp³-hybridized carbons (Fsp3) is 0.481. The molecule has 0 unspecified atom stereocenters. The van der Waals surface area contributed by atoms with Crippen molar-refractivity contribution in [1.82, 2.24) is 10.2 Å². The van der Waals surface area contributed by atoms with E-state index in [1.165, 1.54) is 18.2 Å². The molecule has 0 radical (unpaired) electrons. The van der Waals surface area contributed by atoms with Gasteiger partial charge >= 0.3 is 6.18 Å². The van der Waals surface area contributed by atoms with Gasteiger partial charge in [-0.1, -0.05) is 18.2 Å². The lowest BCUT2D eigenvalue weighted by atomic mass is 9.81. The van der Waals surface area contributed by atoms with E-state index >= 15 is 0 Å². The van der Waals surface area contributed by atoms with E-state index in [0.717, 1.165) is 49.4 Å². The van der Waals surface area contributed by atoms with Crippen LogP contribution in [0.2, 0.25) is 0 Å². The van der Waals surface area contributed by atoms with Gasteiger partial charge in [-0.3, -0.25) is 14.5 Å². The monoisotopic (exact) mass is 506 g/mol. The molecule has 5 nitrogen and oxygen atoms in total. The Morgan fingerprint density at radius 2 is 1.69 bits per heavy atom. The van der Waals surface area contributed by atoms with Crippen molar-refractivity contribution in [2.75, 3.05) is 19.6 Å². The number of aliphatic hydroxyl groups excluding tert-OH is 1. The number of carbonyl (C=O) groups excluding carboxylic acids is 2. The molecule has 4 rings (SSSR count). The van der Waals surface area contributed by atoms with Crippen LogP contribution < -0.4 is 5.32 Å². The molecule has 2 aliphatic rings. The minimum absolute atomic E-state index is 0.0888. The second-order valence-corrected chi connectivity index (χ2v) is 9.84. The Morgan fingerprint density at radius 3 is 2.36 bits per heavy atom. The molecule has 1 aliphatic carbocycles. The van der Waals surface area contributed by atoms with Gasteiger partial charge in [0.25, 0.3) is 5.91 Å². The Balaban J connectivity index is 1.23. The average Bonchev–Trinajstić information content (AvgIpc) is 3.22. The highest BCUT2D eigenvalue weighted by Crippen LogP contribution is 2.37. The van der Waals surface area contributed by atoms with Crippen molar-refractivity contribution in [3.05, 3.63) is 71.0 Å². The summed E-state index contributed by atoms with van der Waals surface area (Å²) >= 11 is 0. The van der Waals surface area contributed by atoms with Crippen molar-refractivity contribution in [2.45, 2.75) is 56.3 Å². The molecule has 0 aromatic heterocycles. The van der Waals surface area contributed by atoms with Gasteiger partial charge in [0, 0.05) is 37.0 Å². The molecule has 1 saturated heterocycles. The second kappa shape index (κ2) is 11.1. The predicted octanol–water partition coefficient (Wildman–Crippen LogP) is 4.55. The Bertz CT molecular complexity index is 1070. The molecule has 2 aromatic rings. The lowest BCUT2D eigenvalue weighted by Crippen LogP contribution is -2.37. The first-order valence-electron chi connectivity index (χ1n) is 12.2. The van der Waals surface area contributed by atoms with Gasteiger partial charge in [-0.2, -0.15) is 13.2 Å². The van der Waals surface area contributed by atoms with E-state index in [1.807, 2.05) is 12.1 Å². The zero-order valence-electron chi connectivity index (χ0n) is 19.8. The van der Waals surface area contributed by atoms with Gasteiger partial charge in [0.15, 0.2) is 5.78 Å². The van der Waals surface area contributed by atoms with Crippen LogP contribution in [0.1, 0.15) is 59.5 Å². The van der Waals surface area contributed by atoms with Crippen LogP contribution in [0.15, 0.2) is 48.5 Å². The predicted molar refractivity (Wildman–Crippen MR) is 126 cm³/mol. The molecule has 2 aromatic carbocycles. The number of nitrogens with zero attached hydrogens (tertiary/aromatic N) is 1. The maximum absolute atomic E-state index is 13.2. The minimum atomic E-state index is -4.56. The Labute approximate surface area is 207 Å². The molecule has 2 atom stereocenters. The van der Waals surface area contributed by atoms with Gasteiger partial charge in [-0.25, -0.2) is 4.39 Å². The van der Waals surface area contributed by atoms with Crippen molar-refractivity contribution in [2.24, 2.45) is 5.92 Å². The number of halogens is 4. The van der Waals surface area contributed by atoms with Crippen LogP contribution in [0.4, 0.5) is 17.6 Å². The van der Waals surface area contributed by atoms with Gasteiger partial charge in [0.05, 0.1) is 18.2 Å². The molecule has 1 saturated carbocycles. The highest BCUT2D eigenvalue weighted by Gasteiger charge is 2.37. The second-order valence-electron chi connectivity index (χ2n) is 9.84. The van der Waals surface area contributed by atoms with E-state index in [9.17, 15) is 32.3 Å². The summed E-state index contributed by atoms with van der Waals surface area (Å²) in [6.45, 7) is 0.766. The summed E-state index contributed by atoms with van der Waals surface area (Å²) in [4.78, 5) is 26.9. The quantitative estimate of drug-likeness (QED) is 0.541. The lowest BCUT2D eigenvalue weighted by molar-refractivity contribution is -0.137. The van der Waals surface area contributed by atoms with E-state index in [4.69, 9.17) is 0 Å². The number of aliphatic hydroxyl groups is 1. The third-order valence-corrected chi connectivity index (χ3v) is 7.38. The van der Waals surface area contributed by atoms with E-state index < -0.39 is 23.8 Å². The average molecular weight is 507 g/mol. The van der Waals surface area contributed by atoms with Crippen molar-refractivity contribution in [3.63, 3.8) is 0 Å². The number of ketones is 1. The number of hydrogen-bond acceptors (Lipinski definition) is 4. The summed E-state index contributed by atoms with van der Waals surface area (Å²) in [5.74, 6) is -1.12. The summed E-state index contributed by atoms with van der Waals surface area (Å²) in [5.41, 5.74) is 0.0512. The number of Topliss-reactive ketones (excluding diaryl/α,β-unsaturated/α-hetero) is 1. The SMILES string of the molecule is O=C(CNC(=O)c1cccc(C(F)(F)F)c1)C[C@H]1CN(C2CCC(c3ccc(F)cc3)CC2)C[C@@H]1O. The number of carbonyl (C=O) groups is 2. The van der Waals surface area contributed by atoms with Crippen LogP contribution >= 0.6 is 0 Å². The van der Waals surface area contributed by atoms with Gasteiger partial charge in [0.2, 0.25) is 0 Å². The maximum Gasteiger partial charge on any atom is 0.416 e. The third-order valence-electron chi connectivity index (χ3n) is 7.38. The molecular formula is C27H30F4N2O3. The smallest absolute Gasteiger partial charge is 0.391 e. The lowest BCUT2D eigenvalue weighted by Gasteiger charge is -2.35. The largest absolute Gasteiger partial charge is 0.416 e. The van der Waals surface area contributed by atoms with Crippen molar-refractivity contribution in [3.8, 4) is 0 Å².